The van der Waals surface area contributed by atoms with E-state index in [0.717, 1.165) is 65.9 Å². The molecule has 1 aromatic heterocycles. The fourth-order valence-electron chi connectivity index (χ4n) is 7.34. The molecule has 52 heavy (non-hydrogen) atoms. The Morgan fingerprint density at radius 3 is 2.21 bits per heavy atom. The Hall–Kier alpha value is -4.41. The minimum Gasteiger partial charge on any atom is -0.393 e. The number of rotatable bonds is 12. The highest BCUT2D eigenvalue weighted by Crippen LogP contribution is 2.42. The molecular weight excluding hydrogens is 676 g/mol. The van der Waals surface area contributed by atoms with Gasteiger partial charge in [0.15, 0.2) is 5.78 Å². The number of oxime groups is 1. The Morgan fingerprint density at radius 2 is 1.58 bits per heavy atom. The van der Waals surface area contributed by atoms with Crippen LogP contribution in [0, 0.1) is 5.92 Å². The number of nitrogens with zero attached hydrogens (tertiary/aromatic N) is 4. The molecule has 1 saturated heterocycles. The maximum absolute atomic E-state index is 14.2. The minimum absolute atomic E-state index is 0.00662. The van der Waals surface area contributed by atoms with Gasteiger partial charge in [0.05, 0.1) is 36.3 Å². The van der Waals surface area contributed by atoms with Crippen molar-refractivity contribution in [2.75, 3.05) is 31.2 Å². The highest BCUT2D eigenvalue weighted by molar-refractivity contribution is 6.61. The first-order chi connectivity index (χ1) is 25.2. The highest BCUT2D eigenvalue weighted by Gasteiger charge is 2.36. The van der Waals surface area contributed by atoms with Crippen molar-refractivity contribution in [2.24, 2.45) is 11.1 Å². The molecule has 1 aliphatic carbocycles. The van der Waals surface area contributed by atoms with Gasteiger partial charge in [0, 0.05) is 59.6 Å². The molecule has 272 valence electrons. The zero-order valence-corrected chi connectivity index (χ0v) is 30.9. The number of aliphatic hydroxyl groups excluding tert-OH is 1. The Kier molecular flexibility index (Phi) is 12.2. The lowest BCUT2D eigenvalue weighted by atomic mass is 9.82. The molecule has 6 rings (SSSR count). The molecule has 0 spiro atoms. The summed E-state index contributed by atoms with van der Waals surface area (Å²) in [5.41, 5.74) is 5.97. The lowest BCUT2D eigenvalue weighted by Crippen LogP contribution is -2.54. The molecule has 1 N–H and O–H groups in total. The summed E-state index contributed by atoms with van der Waals surface area (Å²) in [5.74, 6) is 0.0548. The van der Waals surface area contributed by atoms with Gasteiger partial charge < -0.3 is 19.6 Å². The van der Waals surface area contributed by atoms with E-state index in [9.17, 15) is 14.7 Å². The van der Waals surface area contributed by atoms with Gasteiger partial charge in [-0.25, -0.2) is 4.79 Å². The highest BCUT2D eigenvalue weighted by atomic mass is 35.5. The topological polar surface area (TPSA) is 105 Å². The van der Waals surface area contributed by atoms with Crippen LogP contribution in [0.1, 0.15) is 74.4 Å². The number of carbonyl (C=O) groups excluding carboxylic acids is 2. The van der Waals surface area contributed by atoms with Gasteiger partial charge in [-0.1, -0.05) is 49.2 Å². The van der Waals surface area contributed by atoms with Crippen molar-refractivity contribution in [1.29, 1.82) is 0 Å². The van der Waals surface area contributed by atoms with Crippen LogP contribution in [0.4, 0.5) is 21.9 Å². The summed E-state index contributed by atoms with van der Waals surface area (Å²) >= 11 is 5.51. The van der Waals surface area contributed by atoms with Crippen molar-refractivity contribution in [3.05, 3.63) is 108 Å². The molecule has 10 heteroatoms. The van der Waals surface area contributed by atoms with Crippen LogP contribution in [0.15, 0.2) is 96.4 Å². The van der Waals surface area contributed by atoms with Gasteiger partial charge in [0.25, 0.3) is 0 Å². The number of morpholine rings is 1. The van der Waals surface area contributed by atoms with Crippen molar-refractivity contribution in [2.45, 2.75) is 70.9 Å². The van der Waals surface area contributed by atoms with Crippen molar-refractivity contribution < 1.29 is 24.3 Å². The average Bonchev–Trinajstić information content (AvgIpc) is 3.18. The lowest BCUT2D eigenvalue weighted by Gasteiger charge is -2.39. The minimum atomic E-state index is -1.01. The first-order valence-electron chi connectivity index (χ1n) is 18.2. The van der Waals surface area contributed by atoms with Crippen molar-refractivity contribution in [1.82, 2.24) is 9.88 Å². The number of carbonyl (C=O) groups is 2. The number of halogens is 1. The standard InChI is InChI=1S/C42H47ClN4O5/c1-4-29-9-14-34(15-10-29)47(35-16-11-31(12-17-35)37(45-52-41(43)50)28-32-7-5-6-8-39(32)48)38-18-13-33(27-36(38)30-19-21-44-22-20-30)40(49)42(2,3)46-23-25-51-26-24-46/h9-22,27,32,39,48H,4-8,23-26,28H2,1-3H3/b45-37+. The van der Waals surface area contributed by atoms with Crippen molar-refractivity contribution in [3.63, 3.8) is 0 Å². The van der Waals surface area contributed by atoms with E-state index in [1.54, 1.807) is 12.4 Å². The molecule has 2 heterocycles. The Morgan fingerprint density at radius 1 is 0.942 bits per heavy atom. The second-order valence-corrected chi connectivity index (χ2v) is 14.3. The summed E-state index contributed by atoms with van der Waals surface area (Å²) in [5, 5.41) is 14.8. The molecule has 2 unspecified atom stereocenters. The number of aromatic nitrogens is 1. The molecule has 1 aliphatic heterocycles. The van der Waals surface area contributed by atoms with E-state index in [1.165, 1.54) is 5.56 Å². The van der Waals surface area contributed by atoms with Gasteiger partial charge in [-0.15, -0.1) is 0 Å². The molecule has 1 saturated carbocycles. The predicted molar refractivity (Wildman–Crippen MR) is 206 cm³/mol. The number of hydrogen-bond donors (Lipinski definition) is 1. The number of aliphatic hydroxyl groups is 1. The van der Waals surface area contributed by atoms with Gasteiger partial charge in [-0.05, 0) is 117 Å². The van der Waals surface area contributed by atoms with Crippen molar-refractivity contribution >= 4 is 45.6 Å². The van der Waals surface area contributed by atoms with Crippen LogP contribution in [0.3, 0.4) is 0 Å². The van der Waals surface area contributed by atoms with E-state index in [4.69, 9.17) is 21.2 Å². The van der Waals surface area contributed by atoms with E-state index in [1.807, 2.05) is 68.4 Å². The Labute approximate surface area is 311 Å². The van der Waals surface area contributed by atoms with Crippen LogP contribution in [-0.4, -0.2) is 69.9 Å². The molecule has 0 amide bonds. The summed E-state index contributed by atoms with van der Waals surface area (Å²) in [6, 6.07) is 26.3. The normalized spacial score (nSPS) is 18.5. The fraction of sp³-hybridized carbons (Fsp3) is 0.381. The third-order valence-electron chi connectivity index (χ3n) is 10.5. The Balaban J connectivity index is 1.43. The van der Waals surface area contributed by atoms with Gasteiger partial charge >= 0.3 is 5.43 Å². The van der Waals surface area contributed by atoms with E-state index in [-0.39, 0.29) is 11.7 Å². The average molecular weight is 723 g/mol. The third kappa shape index (κ3) is 8.61. The quantitative estimate of drug-likeness (QED) is 0.0508. The van der Waals surface area contributed by atoms with Crippen LogP contribution in [0.2, 0.25) is 0 Å². The molecule has 2 aliphatic rings. The van der Waals surface area contributed by atoms with Crippen LogP contribution in [-0.2, 0) is 16.0 Å². The lowest BCUT2D eigenvalue weighted by molar-refractivity contribution is -0.00429. The molecule has 0 bridgehead atoms. The molecule has 2 fully saturated rings. The second kappa shape index (κ2) is 16.9. The molecule has 4 aromatic rings. The van der Waals surface area contributed by atoms with E-state index in [2.05, 4.69) is 51.1 Å². The predicted octanol–water partition coefficient (Wildman–Crippen LogP) is 9.10. The van der Waals surface area contributed by atoms with Gasteiger partial charge in [0.2, 0.25) is 0 Å². The summed E-state index contributed by atoms with van der Waals surface area (Å²) in [6.07, 6.45) is 8.09. The number of anilines is 3. The zero-order valence-electron chi connectivity index (χ0n) is 30.1. The van der Waals surface area contributed by atoms with Crippen LogP contribution >= 0.6 is 11.6 Å². The number of ketones is 1. The monoisotopic (exact) mass is 722 g/mol. The number of hydrogen-bond acceptors (Lipinski definition) is 9. The summed E-state index contributed by atoms with van der Waals surface area (Å²) in [7, 11) is 0. The number of Topliss-reactive ketones (excluding diaryl/α,β-unsaturated/α-hetero) is 1. The molecule has 0 radical (unpaired) electrons. The third-order valence-corrected chi connectivity index (χ3v) is 10.5. The molecular formula is C42H47ClN4O5. The SMILES string of the molecule is CCc1ccc(N(c2ccc(/C(CC3CCCCC3O)=N/OC(=O)Cl)cc2)c2ccc(C(=O)C(C)(C)N3CCOCC3)cc2-c2ccncc2)cc1. The summed E-state index contributed by atoms with van der Waals surface area (Å²) in [6.45, 7) is 8.73. The second-order valence-electron chi connectivity index (χ2n) is 14.0. The van der Waals surface area contributed by atoms with E-state index in [0.29, 0.717) is 44.0 Å². The maximum Gasteiger partial charge on any atom is 0.429 e. The number of pyridine rings is 1. The molecule has 3 aromatic carbocycles. The molecule has 2 atom stereocenters. The smallest absolute Gasteiger partial charge is 0.393 e. The van der Waals surface area contributed by atoms with Crippen LogP contribution in [0.5, 0.6) is 0 Å². The van der Waals surface area contributed by atoms with E-state index >= 15 is 0 Å². The largest absolute Gasteiger partial charge is 0.429 e. The number of benzene rings is 3. The zero-order chi connectivity index (χ0) is 36.7. The van der Waals surface area contributed by atoms with Gasteiger partial charge in [-0.2, -0.15) is 0 Å². The molecule has 9 nitrogen and oxygen atoms in total. The van der Waals surface area contributed by atoms with Gasteiger partial charge in [0.1, 0.15) is 0 Å². The first-order valence-corrected chi connectivity index (χ1v) is 18.6. The fourth-order valence-corrected chi connectivity index (χ4v) is 7.37. The number of aryl methyl sites for hydroxylation is 1. The van der Waals surface area contributed by atoms with E-state index < -0.39 is 17.1 Å². The Bertz CT molecular complexity index is 1860. The van der Waals surface area contributed by atoms with Crippen LogP contribution < -0.4 is 4.90 Å². The number of ether oxygens (including phenoxy) is 1. The van der Waals surface area contributed by atoms with Gasteiger partial charge in [-0.3, -0.25) is 14.7 Å². The van der Waals surface area contributed by atoms with Crippen molar-refractivity contribution in [3.8, 4) is 11.1 Å². The first kappa shape index (κ1) is 37.4. The maximum atomic E-state index is 14.2. The van der Waals surface area contributed by atoms with Crippen LogP contribution in [0.25, 0.3) is 11.1 Å². The summed E-state index contributed by atoms with van der Waals surface area (Å²) in [4.78, 5) is 39.3. The summed E-state index contributed by atoms with van der Waals surface area (Å²) < 4.78 is 5.57.